The van der Waals surface area contributed by atoms with Gasteiger partial charge in [0, 0.05) is 11.9 Å². The number of fused-ring (bicyclic) bond motifs is 1. The van der Waals surface area contributed by atoms with Crippen LogP contribution in [0, 0.1) is 22.7 Å². The summed E-state index contributed by atoms with van der Waals surface area (Å²) in [6.07, 6.45) is 14.1. The van der Waals surface area contributed by atoms with Crippen molar-refractivity contribution in [3.63, 3.8) is 0 Å². The molecular formula is C28H44O3. The number of allylic oxidation sites excluding steroid dienone is 3. The second kappa shape index (κ2) is 8.47. The van der Waals surface area contributed by atoms with Gasteiger partial charge in [0.1, 0.15) is 0 Å². The second-order valence-corrected chi connectivity index (χ2v) is 11.4. The van der Waals surface area contributed by atoms with Gasteiger partial charge in [-0.15, -0.1) is 0 Å². The van der Waals surface area contributed by atoms with Crippen LogP contribution < -0.4 is 0 Å². The fourth-order valence-corrected chi connectivity index (χ4v) is 7.38. The molecule has 4 aliphatic carbocycles. The number of rotatable bonds is 6. The summed E-state index contributed by atoms with van der Waals surface area (Å²) in [6.45, 7) is 3.52. The van der Waals surface area contributed by atoms with Crippen LogP contribution in [0.1, 0.15) is 103 Å². The Labute approximate surface area is 195 Å². The molecule has 4 aliphatic rings. The fourth-order valence-electron chi connectivity index (χ4n) is 7.38. The van der Waals surface area contributed by atoms with Gasteiger partial charge in [0.05, 0.1) is 17.8 Å². The first kappa shape index (κ1) is 18.5. The van der Waals surface area contributed by atoms with E-state index < -0.39 is 31.6 Å². The van der Waals surface area contributed by atoms with Gasteiger partial charge in [0.2, 0.25) is 0 Å². The maximum Gasteiger partial charge on any atom is 0.0811 e. The molecule has 2 unspecified atom stereocenters. The van der Waals surface area contributed by atoms with Gasteiger partial charge in [-0.05, 0) is 112 Å². The summed E-state index contributed by atoms with van der Waals surface area (Å²) < 4.78 is 30.5. The normalized spacial score (nSPS) is 44.2. The molecule has 0 aromatic carbocycles. The lowest BCUT2D eigenvalue weighted by atomic mass is 9.59. The Bertz CT molecular complexity index is 874. The van der Waals surface area contributed by atoms with Crippen molar-refractivity contribution < 1.29 is 20.8 Å². The molecule has 4 fully saturated rings. The Kier molecular flexibility index (Phi) is 5.06. The molecule has 0 spiro atoms. The predicted octanol–water partition coefficient (Wildman–Crippen LogP) is 5.85. The summed E-state index contributed by atoms with van der Waals surface area (Å²) in [5.74, 6) is 1.15. The first-order valence-electron chi connectivity index (χ1n) is 14.5. The van der Waals surface area contributed by atoms with Crippen molar-refractivity contribution in [3.05, 3.63) is 35.5 Å². The average Bonchev–Trinajstić information content (AvgIpc) is 3.46. The van der Waals surface area contributed by atoms with E-state index in [1.165, 1.54) is 44.1 Å². The summed E-state index contributed by atoms with van der Waals surface area (Å²) in [5.41, 5.74) is 1.77. The predicted molar refractivity (Wildman–Crippen MR) is 127 cm³/mol. The van der Waals surface area contributed by atoms with Crippen LogP contribution in [0.3, 0.4) is 0 Å². The zero-order valence-electron chi connectivity index (χ0n) is 23.2. The van der Waals surface area contributed by atoms with E-state index in [0.717, 1.165) is 24.0 Å². The largest absolute Gasteiger partial charge is 0.393 e. The van der Waals surface area contributed by atoms with Crippen LogP contribution in [-0.2, 0) is 0 Å². The third kappa shape index (κ3) is 4.75. The molecule has 3 N–H and O–H groups in total. The standard InChI is InChI=1S/C28H44O3/c1-19-21(17-22(29)18-24(19)30)9-8-20-7-5-13-27(4)23(20)10-11-25(27)28(15-16-28)14-6-12-26(2,3)31/h8-9,22-25,29-31H,1,5-7,10-18H2,2-4H3/t22-,23?,24+,25+,27+/m1/s1/i2D,3D3/t22-,23?,24+,25+,26?,27+. The summed E-state index contributed by atoms with van der Waals surface area (Å²) in [6, 6.07) is 0. The Hall–Kier alpha value is -0.900. The maximum atomic E-state index is 10.5. The highest BCUT2D eigenvalue weighted by molar-refractivity contribution is 5.38. The summed E-state index contributed by atoms with van der Waals surface area (Å²) in [7, 11) is 0. The van der Waals surface area contributed by atoms with Gasteiger partial charge in [-0.3, -0.25) is 0 Å². The van der Waals surface area contributed by atoms with Crippen molar-refractivity contribution in [2.24, 2.45) is 22.7 Å². The van der Waals surface area contributed by atoms with Gasteiger partial charge in [-0.25, -0.2) is 0 Å². The van der Waals surface area contributed by atoms with Crippen molar-refractivity contribution in [1.82, 2.24) is 0 Å². The molecule has 4 saturated carbocycles. The van der Waals surface area contributed by atoms with Gasteiger partial charge < -0.3 is 15.3 Å². The molecule has 0 bridgehead atoms. The molecule has 3 nitrogen and oxygen atoms in total. The highest BCUT2D eigenvalue weighted by atomic mass is 16.3. The van der Waals surface area contributed by atoms with Crippen LogP contribution in [0.2, 0.25) is 0 Å². The lowest BCUT2D eigenvalue weighted by Crippen LogP contribution is -2.37. The van der Waals surface area contributed by atoms with E-state index in [2.05, 4.69) is 25.7 Å². The zero-order valence-corrected chi connectivity index (χ0v) is 19.2. The molecule has 174 valence electrons. The zero-order chi connectivity index (χ0) is 25.6. The monoisotopic (exact) mass is 432 g/mol. The Balaban J connectivity index is 1.46. The third-order valence-electron chi connectivity index (χ3n) is 9.13. The SMILES string of the molecule is [2H]CC(O)(CCCC1([C@H]2CCC3C(=CC=C4C[C@@H](O)C[C@H](O)C4=C)CCC[C@@]32C)CC1)C([2H])([2H])[2H]. The van der Waals surface area contributed by atoms with Crippen molar-refractivity contribution >= 4 is 0 Å². The van der Waals surface area contributed by atoms with E-state index in [4.69, 9.17) is 5.48 Å². The molecule has 4 rings (SSSR count). The van der Waals surface area contributed by atoms with Crippen LogP contribution >= 0.6 is 0 Å². The minimum atomic E-state index is -2.51. The van der Waals surface area contributed by atoms with Gasteiger partial charge in [0.25, 0.3) is 0 Å². The van der Waals surface area contributed by atoms with E-state index in [-0.39, 0.29) is 17.3 Å². The molecule has 6 atom stereocenters. The van der Waals surface area contributed by atoms with Crippen LogP contribution in [0.25, 0.3) is 0 Å². The highest BCUT2D eigenvalue weighted by Crippen LogP contribution is 2.70. The summed E-state index contributed by atoms with van der Waals surface area (Å²) in [5, 5.41) is 30.8. The maximum absolute atomic E-state index is 10.5. The Morgan fingerprint density at radius 1 is 1.23 bits per heavy atom. The minimum Gasteiger partial charge on any atom is -0.393 e. The smallest absolute Gasteiger partial charge is 0.0811 e. The molecule has 0 aromatic heterocycles. The first-order valence-corrected chi connectivity index (χ1v) is 12.3. The Morgan fingerprint density at radius 3 is 2.74 bits per heavy atom. The van der Waals surface area contributed by atoms with Crippen molar-refractivity contribution in [1.29, 1.82) is 0 Å². The molecule has 0 aliphatic heterocycles. The first-order chi connectivity index (χ1) is 16.4. The van der Waals surface area contributed by atoms with Crippen LogP contribution in [-0.4, -0.2) is 33.1 Å². The number of hydrogen-bond acceptors (Lipinski definition) is 3. The van der Waals surface area contributed by atoms with Gasteiger partial charge in [-0.2, -0.15) is 0 Å². The van der Waals surface area contributed by atoms with Crippen LogP contribution in [0.4, 0.5) is 0 Å². The van der Waals surface area contributed by atoms with Gasteiger partial charge in [0.15, 0.2) is 0 Å². The van der Waals surface area contributed by atoms with E-state index in [9.17, 15) is 15.3 Å². The number of aliphatic hydroxyl groups excluding tert-OH is 2. The van der Waals surface area contributed by atoms with Crippen molar-refractivity contribution in [2.75, 3.05) is 0 Å². The third-order valence-corrected chi connectivity index (χ3v) is 9.13. The Morgan fingerprint density at radius 2 is 2.03 bits per heavy atom. The molecule has 3 heteroatoms. The molecule has 31 heavy (non-hydrogen) atoms. The van der Waals surface area contributed by atoms with E-state index in [1.807, 2.05) is 0 Å². The molecule has 0 radical (unpaired) electrons. The van der Waals surface area contributed by atoms with Gasteiger partial charge >= 0.3 is 0 Å². The average molecular weight is 433 g/mol. The van der Waals surface area contributed by atoms with Crippen molar-refractivity contribution in [2.45, 2.75) is 116 Å². The number of hydrogen-bond donors (Lipinski definition) is 3. The molecule has 0 amide bonds. The molecule has 0 heterocycles. The van der Waals surface area contributed by atoms with E-state index in [0.29, 0.717) is 31.1 Å². The highest BCUT2D eigenvalue weighted by Gasteiger charge is 2.60. The lowest BCUT2D eigenvalue weighted by Gasteiger charge is -2.45. The van der Waals surface area contributed by atoms with Crippen LogP contribution in [0.15, 0.2) is 35.5 Å². The summed E-state index contributed by atoms with van der Waals surface area (Å²) >= 11 is 0. The summed E-state index contributed by atoms with van der Waals surface area (Å²) in [4.78, 5) is 0. The number of aliphatic hydroxyl groups is 3. The van der Waals surface area contributed by atoms with E-state index >= 15 is 0 Å². The quantitative estimate of drug-likeness (QED) is 0.493. The molecule has 0 aromatic rings. The van der Waals surface area contributed by atoms with Crippen LogP contribution in [0.5, 0.6) is 0 Å². The fraction of sp³-hybridized carbons (Fsp3) is 0.786. The lowest BCUT2D eigenvalue weighted by molar-refractivity contribution is 0.0521. The topological polar surface area (TPSA) is 60.7 Å². The van der Waals surface area contributed by atoms with Crippen molar-refractivity contribution in [3.8, 4) is 0 Å². The second-order valence-electron chi connectivity index (χ2n) is 11.4. The molecular weight excluding hydrogens is 384 g/mol. The minimum absolute atomic E-state index is 0.169. The van der Waals surface area contributed by atoms with Gasteiger partial charge in [-0.1, -0.05) is 37.6 Å². The molecule has 0 saturated heterocycles. The van der Waals surface area contributed by atoms with E-state index in [1.54, 1.807) is 0 Å².